The normalized spacial score (nSPS) is 19.4. The lowest BCUT2D eigenvalue weighted by molar-refractivity contribution is -0.127. The van der Waals surface area contributed by atoms with E-state index in [0.717, 1.165) is 5.69 Å². The van der Waals surface area contributed by atoms with Crippen molar-refractivity contribution in [1.29, 1.82) is 0 Å². The van der Waals surface area contributed by atoms with Crippen LogP contribution in [0.15, 0.2) is 12.1 Å². The number of rotatable bonds is 1. The van der Waals surface area contributed by atoms with Gasteiger partial charge in [0.2, 0.25) is 5.91 Å². The molecule has 21 heavy (non-hydrogen) atoms. The summed E-state index contributed by atoms with van der Waals surface area (Å²) >= 11 is 6.04. The van der Waals surface area contributed by atoms with E-state index in [1.54, 1.807) is 24.0 Å². The van der Waals surface area contributed by atoms with Crippen LogP contribution >= 0.6 is 11.6 Å². The fourth-order valence-electron chi connectivity index (χ4n) is 2.23. The summed E-state index contributed by atoms with van der Waals surface area (Å²) < 4.78 is 0. The van der Waals surface area contributed by atoms with Crippen molar-refractivity contribution < 1.29 is 9.59 Å². The Morgan fingerprint density at radius 1 is 1.43 bits per heavy atom. The molecular weight excluding hydrogens is 290 g/mol. The lowest BCUT2D eigenvalue weighted by Crippen LogP contribution is -2.55. The highest BCUT2D eigenvalue weighted by Crippen LogP contribution is 2.24. The average Bonchev–Trinajstić information content (AvgIpc) is 2.39. The van der Waals surface area contributed by atoms with Gasteiger partial charge in [-0.25, -0.2) is 4.98 Å². The smallest absolute Gasteiger partial charge is 0.254 e. The maximum atomic E-state index is 12.6. The van der Waals surface area contributed by atoms with E-state index in [2.05, 4.69) is 10.3 Å². The van der Waals surface area contributed by atoms with Crippen LogP contribution in [0.4, 0.5) is 0 Å². The van der Waals surface area contributed by atoms with Crippen LogP contribution in [0, 0.1) is 0 Å². The van der Waals surface area contributed by atoms with Crippen LogP contribution in [0.3, 0.4) is 0 Å². The first kappa shape index (κ1) is 15.8. The summed E-state index contributed by atoms with van der Waals surface area (Å²) in [6.07, 6.45) is 0. The van der Waals surface area contributed by atoms with Crippen LogP contribution in [0.25, 0.3) is 0 Å². The molecule has 0 saturated carbocycles. The van der Waals surface area contributed by atoms with Crippen molar-refractivity contribution in [2.45, 2.75) is 39.2 Å². The summed E-state index contributed by atoms with van der Waals surface area (Å²) in [5, 5.41) is 3.04. The van der Waals surface area contributed by atoms with Crippen molar-refractivity contribution in [3.63, 3.8) is 0 Å². The SMILES string of the molecule is CC1C(=O)NCCN1C(=O)c1cc(Cl)nc(C(C)(C)C)c1. The highest BCUT2D eigenvalue weighted by Gasteiger charge is 2.30. The second-order valence-electron chi connectivity index (χ2n) is 6.28. The number of hydrogen-bond donors (Lipinski definition) is 1. The molecule has 0 bridgehead atoms. The molecule has 0 spiro atoms. The van der Waals surface area contributed by atoms with Gasteiger partial charge < -0.3 is 10.2 Å². The van der Waals surface area contributed by atoms with Gasteiger partial charge in [-0.05, 0) is 19.1 Å². The van der Waals surface area contributed by atoms with Gasteiger partial charge in [-0.15, -0.1) is 0 Å². The molecule has 5 nitrogen and oxygen atoms in total. The summed E-state index contributed by atoms with van der Waals surface area (Å²) in [6, 6.07) is 2.84. The van der Waals surface area contributed by atoms with Gasteiger partial charge in [-0.3, -0.25) is 9.59 Å². The molecule has 114 valence electrons. The number of pyridine rings is 1. The molecule has 1 atom stereocenters. The van der Waals surface area contributed by atoms with Crippen molar-refractivity contribution in [2.24, 2.45) is 0 Å². The molecule has 1 N–H and O–H groups in total. The Kier molecular flexibility index (Phi) is 4.23. The van der Waals surface area contributed by atoms with Crippen LogP contribution in [0.2, 0.25) is 5.15 Å². The third-order valence-electron chi connectivity index (χ3n) is 3.57. The van der Waals surface area contributed by atoms with Gasteiger partial charge in [0.25, 0.3) is 5.91 Å². The zero-order chi connectivity index (χ0) is 15.8. The fourth-order valence-corrected chi connectivity index (χ4v) is 2.44. The Bertz CT molecular complexity index is 581. The van der Waals surface area contributed by atoms with E-state index < -0.39 is 6.04 Å². The van der Waals surface area contributed by atoms with E-state index in [-0.39, 0.29) is 17.2 Å². The molecule has 2 heterocycles. The minimum atomic E-state index is -0.476. The van der Waals surface area contributed by atoms with E-state index in [9.17, 15) is 9.59 Å². The number of carbonyl (C=O) groups is 2. The maximum Gasteiger partial charge on any atom is 0.254 e. The predicted molar refractivity (Wildman–Crippen MR) is 81.5 cm³/mol. The van der Waals surface area contributed by atoms with Gasteiger partial charge in [0.15, 0.2) is 0 Å². The number of carbonyl (C=O) groups excluding carboxylic acids is 2. The molecule has 0 aromatic carbocycles. The molecule has 1 aliphatic heterocycles. The lowest BCUT2D eigenvalue weighted by Gasteiger charge is -2.33. The second kappa shape index (κ2) is 5.64. The Hall–Kier alpha value is -1.62. The minimum Gasteiger partial charge on any atom is -0.353 e. The summed E-state index contributed by atoms with van der Waals surface area (Å²) in [7, 11) is 0. The number of piperazine rings is 1. The van der Waals surface area contributed by atoms with Crippen LogP contribution in [0.5, 0.6) is 0 Å². The standard InChI is InChI=1S/C15H20ClN3O2/c1-9-13(20)17-5-6-19(9)14(21)10-7-11(15(2,3)4)18-12(16)8-10/h7-9H,5-6H2,1-4H3,(H,17,20). The number of aromatic nitrogens is 1. The zero-order valence-corrected chi connectivity index (χ0v) is 13.5. The van der Waals surface area contributed by atoms with Crippen molar-refractivity contribution in [3.8, 4) is 0 Å². The highest BCUT2D eigenvalue weighted by molar-refractivity contribution is 6.29. The largest absolute Gasteiger partial charge is 0.353 e. The number of amides is 2. The Morgan fingerprint density at radius 3 is 2.71 bits per heavy atom. The van der Waals surface area contributed by atoms with Crippen LogP contribution < -0.4 is 5.32 Å². The topological polar surface area (TPSA) is 62.3 Å². The molecule has 0 radical (unpaired) electrons. The zero-order valence-electron chi connectivity index (χ0n) is 12.7. The molecule has 6 heteroatoms. The van der Waals surface area contributed by atoms with Gasteiger partial charge in [0.1, 0.15) is 11.2 Å². The third kappa shape index (κ3) is 3.35. The highest BCUT2D eigenvalue weighted by atomic mass is 35.5. The number of nitrogens with one attached hydrogen (secondary N) is 1. The third-order valence-corrected chi connectivity index (χ3v) is 3.76. The Morgan fingerprint density at radius 2 is 2.10 bits per heavy atom. The molecule has 2 rings (SSSR count). The molecule has 1 aliphatic rings. The molecule has 2 amide bonds. The van der Waals surface area contributed by atoms with E-state index in [1.807, 2.05) is 20.8 Å². The summed E-state index contributed by atoms with van der Waals surface area (Å²) in [5.74, 6) is -0.321. The van der Waals surface area contributed by atoms with Crippen molar-refractivity contribution >= 4 is 23.4 Å². The van der Waals surface area contributed by atoms with Crippen LogP contribution in [0.1, 0.15) is 43.7 Å². The molecule has 1 aromatic heterocycles. The first-order valence-corrected chi connectivity index (χ1v) is 7.34. The van der Waals surface area contributed by atoms with Crippen molar-refractivity contribution in [2.75, 3.05) is 13.1 Å². The number of hydrogen-bond acceptors (Lipinski definition) is 3. The first-order valence-electron chi connectivity index (χ1n) is 6.97. The van der Waals surface area contributed by atoms with Crippen LogP contribution in [-0.2, 0) is 10.2 Å². The van der Waals surface area contributed by atoms with E-state index in [4.69, 9.17) is 11.6 Å². The van der Waals surface area contributed by atoms with Crippen LogP contribution in [-0.4, -0.2) is 40.8 Å². The molecule has 0 aliphatic carbocycles. The van der Waals surface area contributed by atoms with Gasteiger partial charge in [0, 0.05) is 29.8 Å². The second-order valence-corrected chi connectivity index (χ2v) is 6.67. The maximum absolute atomic E-state index is 12.6. The Balaban J connectivity index is 2.35. The number of nitrogens with zero attached hydrogens (tertiary/aromatic N) is 2. The molecule has 1 unspecified atom stereocenters. The van der Waals surface area contributed by atoms with Crippen molar-refractivity contribution in [1.82, 2.24) is 15.2 Å². The predicted octanol–water partition coefficient (Wildman–Crippen LogP) is 1.99. The van der Waals surface area contributed by atoms with Crippen molar-refractivity contribution in [3.05, 3.63) is 28.5 Å². The Labute approximate surface area is 129 Å². The summed E-state index contributed by atoms with van der Waals surface area (Å²) in [4.78, 5) is 30.2. The monoisotopic (exact) mass is 309 g/mol. The molecule has 1 saturated heterocycles. The lowest BCUT2D eigenvalue weighted by atomic mass is 9.90. The van der Waals surface area contributed by atoms with E-state index in [0.29, 0.717) is 23.8 Å². The van der Waals surface area contributed by atoms with E-state index in [1.165, 1.54) is 0 Å². The molecule has 1 fully saturated rings. The van der Waals surface area contributed by atoms with Gasteiger partial charge in [-0.2, -0.15) is 0 Å². The number of halogens is 1. The molecule has 1 aromatic rings. The summed E-state index contributed by atoms with van der Waals surface area (Å²) in [6.45, 7) is 8.72. The van der Waals surface area contributed by atoms with Gasteiger partial charge in [-0.1, -0.05) is 32.4 Å². The summed E-state index contributed by atoms with van der Waals surface area (Å²) in [5.41, 5.74) is 1.03. The quantitative estimate of drug-likeness (QED) is 0.807. The van der Waals surface area contributed by atoms with Gasteiger partial charge in [0.05, 0.1) is 0 Å². The van der Waals surface area contributed by atoms with Gasteiger partial charge >= 0.3 is 0 Å². The molecular formula is C15H20ClN3O2. The first-order chi connectivity index (χ1) is 9.70. The minimum absolute atomic E-state index is 0.134. The average molecular weight is 310 g/mol. The van der Waals surface area contributed by atoms with E-state index >= 15 is 0 Å². The fraction of sp³-hybridized carbons (Fsp3) is 0.533.